The summed E-state index contributed by atoms with van der Waals surface area (Å²) in [6.07, 6.45) is 6.88. The molecule has 16 atom stereocenters. The molecule has 0 aromatic rings. The van der Waals surface area contributed by atoms with Crippen molar-refractivity contribution in [3.05, 3.63) is 47.6 Å². The van der Waals surface area contributed by atoms with Gasteiger partial charge in [-0.3, -0.25) is 28.8 Å². The second-order valence-corrected chi connectivity index (χ2v) is 22.7. The Morgan fingerprint density at radius 1 is 0.661 bits per heavy atom. The maximum atomic E-state index is 18.1. The van der Waals surface area contributed by atoms with E-state index in [2.05, 4.69) is 0 Å². The first kappa shape index (κ1) is 45.6. The van der Waals surface area contributed by atoms with Gasteiger partial charge < -0.3 is 19.7 Å². The third-order valence-corrected chi connectivity index (χ3v) is 20.4. The molecule has 62 heavy (non-hydrogen) atoms. The van der Waals surface area contributed by atoms with Gasteiger partial charge in [0.1, 0.15) is 0 Å². The number of esters is 2. The average molecular weight is 899 g/mol. The number of hydrogen-bond acceptors (Lipinski definition) is 12. The van der Waals surface area contributed by atoms with Crippen molar-refractivity contribution in [2.75, 3.05) is 0 Å². The first-order valence-electron chi connectivity index (χ1n) is 22.4. The predicted octanol–water partition coefficient (Wildman–Crippen LogP) is 8.04. The van der Waals surface area contributed by atoms with Crippen LogP contribution in [0.15, 0.2) is 47.6 Å². The number of alkyl halides is 2. The molecule has 8 aliphatic rings. The summed E-state index contributed by atoms with van der Waals surface area (Å²) in [6.45, 7) is 13.7. The molecular weight excluding hydrogens is 839 g/mol. The molecule has 6 fully saturated rings. The van der Waals surface area contributed by atoms with Crippen molar-refractivity contribution in [3.8, 4) is 0 Å². The molecule has 8 rings (SSSR count). The Bertz CT molecular complexity index is 2010. The zero-order valence-electron chi connectivity index (χ0n) is 36.9. The average Bonchev–Trinajstić information content (AvgIpc) is 3.57. The van der Waals surface area contributed by atoms with Crippen molar-refractivity contribution < 1.29 is 57.2 Å². The monoisotopic (exact) mass is 898 g/mol. The van der Waals surface area contributed by atoms with Crippen molar-refractivity contribution in [2.45, 2.75) is 154 Å². The molecule has 0 amide bonds. The van der Waals surface area contributed by atoms with Gasteiger partial charge in [0.25, 0.3) is 0 Å². The molecule has 0 aliphatic heterocycles. The fourth-order valence-corrected chi connectivity index (χ4v) is 17.7. The van der Waals surface area contributed by atoms with Gasteiger partial charge in [0.15, 0.2) is 34.1 Å². The molecule has 338 valence electrons. The molecule has 0 saturated heterocycles. The standard InChI is InChI=1S/C48H60F2O10S2/c1-9-37(55)59-47(25(3)19-33-31-13-11-27-21-29(51)15-17-41(27,5)45(31,49)35(53)23-43(33,47)7)39(57)61-62-40(58)48(60-38(56)10-2)26(4)20-34-32-14-12-28-22-30(52)16-18-42(28,6)46(32,50)36(54)24-44(34,48)8/h15-18,21-22,25-26,31-36,53-54H,9-14,19-20,23-24H2,1-8H3/t25-,26-,31-,32-,33-,34-,35-,36-,41-,42-,43-,44-,45-,46-,47-,48-/m0/s1. The number of carbonyl (C=O) groups is 6. The fraction of sp³-hybridized carbons (Fsp3) is 0.708. The predicted molar refractivity (Wildman–Crippen MR) is 229 cm³/mol. The van der Waals surface area contributed by atoms with Crippen molar-refractivity contribution in [3.63, 3.8) is 0 Å². The summed E-state index contributed by atoms with van der Waals surface area (Å²) < 4.78 is 48.7. The molecule has 14 heteroatoms. The van der Waals surface area contributed by atoms with Crippen LogP contribution in [-0.4, -0.2) is 78.7 Å². The number of carbonyl (C=O) groups excluding carboxylic acids is 6. The van der Waals surface area contributed by atoms with E-state index in [0.29, 0.717) is 58.4 Å². The summed E-state index contributed by atoms with van der Waals surface area (Å²) in [6, 6.07) is 0. The number of aliphatic hydroxyl groups is 2. The molecule has 0 aromatic carbocycles. The Labute approximate surface area is 370 Å². The Kier molecular flexibility index (Phi) is 10.9. The maximum absolute atomic E-state index is 18.1. The van der Waals surface area contributed by atoms with Crippen LogP contribution in [0.2, 0.25) is 0 Å². The van der Waals surface area contributed by atoms with E-state index in [9.17, 15) is 29.4 Å². The van der Waals surface area contributed by atoms with Crippen LogP contribution in [0.4, 0.5) is 8.78 Å². The summed E-state index contributed by atoms with van der Waals surface area (Å²) in [5, 5.41) is 22.8. The topological polar surface area (TPSA) is 161 Å². The zero-order chi connectivity index (χ0) is 45.4. The lowest BCUT2D eigenvalue weighted by atomic mass is 9.45. The van der Waals surface area contributed by atoms with Gasteiger partial charge in [-0.25, -0.2) is 8.78 Å². The Morgan fingerprint density at radius 3 is 1.35 bits per heavy atom. The maximum Gasteiger partial charge on any atom is 0.306 e. The summed E-state index contributed by atoms with van der Waals surface area (Å²) >= 11 is 0. The lowest BCUT2D eigenvalue weighted by Gasteiger charge is -2.62. The number of aliphatic hydroxyl groups excluding tert-OH is 2. The minimum Gasteiger partial charge on any atom is -0.449 e. The Balaban J connectivity index is 1.14. The van der Waals surface area contributed by atoms with E-state index < -0.39 is 114 Å². The summed E-state index contributed by atoms with van der Waals surface area (Å²) in [4.78, 5) is 82.1. The zero-order valence-corrected chi connectivity index (χ0v) is 38.5. The third-order valence-electron chi connectivity index (χ3n) is 18.3. The van der Waals surface area contributed by atoms with E-state index in [4.69, 9.17) is 9.47 Å². The number of allylic oxidation sites excluding steroid dienone is 8. The lowest BCUT2D eigenvalue weighted by molar-refractivity contribution is -0.225. The van der Waals surface area contributed by atoms with Gasteiger partial charge in [-0.15, -0.1) is 0 Å². The van der Waals surface area contributed by atoms with Crippen LogP contribution in [0.5, 0.6) is 0 Å². The minimum absolute atomic E-state index is 0.0708. The molecule has 0 unspecified atom stereocenters. The van der Waals surface area contributed by atoms with Gasteiger partial charge in [0.2, 0.25) is 10.2 Å². The quantitative estimate of drug-likeness (QED) is 0.195. The Hall–Kier alpha value is -2.94. The van der Waals surface area contributed by atoms with E-state index >= 15 is 18.4 Å². The highest BCUT2D eigenvalue weighted by Gasteiger charge is 2.80. The SMILES string of the molecule is CCC(=O)O[C@]1(C(=O)SSC(=O)[C@@]2(OC(=O)CC)[C@@H](C)C[C@H]3[C@@H]4CCC5=CC(=O)C=C[C@]5(C)[C@@]4(F)[C@@H](O)C[C@@]32C)[C@@H](C)C[C@H]2[C@@H]3CCC4=CC(=O)C=C[C@]4(C)[C@@]3(F)[C@@H](O)C[C@@]21C. The first-order valence-corrected chi connectivity index (χ1v) is 24.6. The number of fused-ring (bicyclic) bond motifs is 10. The minimum atomic E-state index is -2.19. The van der Waals surface area contributed by atoms with Gasteiger partial charge in [0.05, 0.1) is 12.2 Å². The van der Waals surface area contributed by atoms with Crippen LogP contribution in [0.1, 0.15) is 120 Å². The van der Waals surface area contributed by atoms with Gasteiger partial charge in [-0.2, -0.15) is 0 Å². The molecular formula is C48H60F2O10S2. The smallest absolute Gasteiger partial charge is 0.306 e. The number of rotatable bonds is 6. The van der Waals surface area contributed by atoms with Crippen LogP contribution < -0.4 is 0 Å². The molecule has 2 N–H and O–H groups in total. The van der Waals surface area contributed by atoms with Crippen LogP contribution in [-0.2, 0) is 38.2 Å². The third kappa shape index (κ3) is 5.53. The van der Waals surface area contributed by atoms with Gasteiger partial charge in [-0.1, -0.05) is 64.8 Å². The Morgan fingerprint density at radius 2 is 1.02 bits per heavy atom. The summed E-state index contributed by atoms with van der Waals surface area (Å²) in [7, 11) is 1.15. The molecule has 8 aliphatic carbocycles. The number of halogens is 2. The van der Waals surface area contributed by atoms with E-state index in [1.165, 1.54) is 24.3 Å². The number of ketones is 2. The van der Waals surface area contributed by atoms with Crippen molar-refractivity contribution in [1.29, 1.82) is 0 Å². The normalized spacial score (nSPS) is 48.6. The van der Waals surface area contributed by atoms with E-state index in [0.717, 1.165) is 0 Å². The van der Waals surface area contributed by atoms with Crippen molar-refractivity contribution >= 4 is 55.3 Å². The second kappa shape index (κ2) is 14.8. The fourth-order valence-electron chi connectivity index (χ4n) is 15.2. The highest BCUT2D eigenvalue weighted by Crippen LogP contribution is 2.74. The molecule has 10 nitrogen and oxygen atoms in total. The van der Waals surface area contributed by atoms with Crippen LogP contribution >= 0.6 is 21.6 Å². The van der Waals surface area contributed by atoms with Crippen LogP contribution in [0.25, 0.3) is 0 Å². The highest BCUT2D eigenvalue weighted by atomic mass is 33.1. The number of ether oxygens (including phenoxy) is 2. The van der Waals surface area contributed by atoms with Crippen LogP contribution in [0.3, 0.4) is 0 Å². The molecule has 0 aromatic heterocycles. The molecule has 0 radical (unpaired) electrons. The van der Waals surface area contributed by atoms with E-state index in [-0.39, 0.29) is 50.1 Å². The number of hydrogen-bond donors (Lipinski definition) is 2. The van der Waals surface area contributed by atoms with Gasteiger partial charge in [0, 0.05) is 58.2 Å². The molecule has 0 bridgehead atoms. The highest BCUT2D eigenvalue weighted by molar-refractivity contribution is 8.87. The second-order valence-electron chi connectivity index (χ2n) is 20.7. The molecule has 0 heterocycles. The van der Waals surface area contributed by atoms with Gasteiger partial charge in [-0.05, 0) is 123 Å². The van der Waals surface area contributed by atoms with Gasteiger partial charge >= 0.3 is 11.9 Å². The molecule has 0 spiro atoms. The largest absolute Gasteiger partial charge is 0.449 e. The van der Waals surface area contributed by atoms with Crippen molar-refractivity contribution in [1.82, 2.24) is 0 Å². The summed E-state index contributed by atoms with van der Waals surface area (Å²) in [5.41, 5.74) is -12.0. The van der Waals surface area contributed by atoms with Crippen molar-refractivity contribution in [2.24, 2.45) is 57.2 Å². The van der Waals surface area contributed by atoms with E-state index in [1.54, 1.807) is 67.5 Å². The summed E-state index contributed by atoms with van der Waals surface area (Å²) in [5.74, 6) is -5.73. The van der Waals surface area contributed by atoms with Crippen LogP contribution in [0, 0.1) is 57.2 Å². The van der Waals surface area contributed by atoms with E-state index in [1.807, 2.05) is 0 Å². The lowest BCUT2D eigenvalue weighted by Crippen LogP contribution is -2.69. The first-order chi connectivity index (χ1) is 28.9. The molecule has 6 saturated carbocycles.